The Kier molecular flexibility index (Phi) is 8.53. The molecule has 2 aliphatic carbocycles. The SMILES string of the molecule is C/C=c1\c(=C/CC)sc2c(-c3ccc(N(c4ccc(-c5ccccc5)cc4)c4cccc5c4-c4ccccc4C54c5ccccc5-c5c4ccc4c5oc5ccccc54)cc3)cccc12. The lowest BCUT2D eigenvalue weighted by Gasteiger charge is -2.32. The number of para-hydroxylation sites is 1. The van der Waals surface area contributed by atoms with E-state index >= 15 is 0 Å². The van der Waals surface area contributed by atoms with E-state index in [1.807, 2.05) is 11.3 Å². The van der Waals surface area contributed by atoms with Gasteiger partial charge in [-0.05, 0) is 111 Å². The van der Waals surface area contributed by atoms with Crippen LogP contribution in [0.3, 0.4) is 0 Å². The molecular weight excluding hydrogens is 807 g/mol. The molecule has 0 N–H and O–H groups in total. The van der Waals surface area contributed by atoms with Crippen LogP contribution in [0, 0.1) is 0 Å². The maximum Gasteiger partial charge on any atom is 0.143 e. The number of hydrogen-bond donors (Lipinski definition) is 0. The topological polar surface area (TPSA) is 16.4 Å². The minimum absolute atomic E-state index is 0.546. The van der Waals surface area contributed by atoms with Gasteiger partial charge in [0.25, 0.3) is 0 Å². The molecule has 1 atom stereocenters. The largest absolute Gasteiger partial charge is 0.455 e. The lowest BCUT2D eigenvalue weighted by atomic mass is 9.70. The van der Waals surface area contributed by atoms with E-state index in [2.05, 4.69) is 231 Å². The molecule has 1 unspecified atom stereocenters. The van der Waals surface area contributed by atoms with E-state index in [9.17, 15) is 0 Å². The maximum absolute atomic E-state index is 6.83. The van der Waals surface area contributed by atoms with Crippen molar-refractivity contribution in [3.63, 3.8) is 0 Å². The van der Waals surface area contributed by atoms with Crippen LogP contribution in [0.25, 0.3) is 88.7 Å². The molecule has 0 fully saturated rings. The Morgan fingerprint density at radius 3 is 1.82 bits per heavy atom. The van der Waals surface area contributed by atoms with Crippen LogP contribution in [-0.4, -0.2) is 0 Å². The highest BCUT2D eigenvalue weighted by Gasteiger charge is 2.53. The first-order valence-corrected chi connectivity index (χ1v) is 23.5. The third-order valence-electron chi connectivity index (χ3n) is 14.0. The van der Waals surface area contributed by atoms with Gasteiger partial charge in [-0.25, -0.2) is 0 Å². The van der Waals surface area contributed by atoms with Crippen LogP contribution in [0.2, 0.25) is 0 Å². The quantitative estimate of drug-likeness (QED) is 0.166. The van der Waals surface area contributed by atoms with Crippen molar-refractivity contribution in [2.24, 2.45) is 0 Å². The fourth-order valence-corrected chi connectivity index (χ4v) is 12.7. The second-order valence-electron chi connectivity index (χ2n) is 17.3. The molecule has 11 aromatic rings. The summed E-state index contributed by atoms with van der Waals surface area (Å²) in [6, 6.07) is 74.0. The highest BCUT2D eigenvalue weighted by Crippen LogP contribution is 2.65. The molecule has 2 nitrogen and oxygen atoms in total. The number of rotatable bonds is 6. The minimum atomic E-state index is -0.546. The molecule has 308 valence electrons. The summed E-state index contributed by atoms with van der Waals surface area (Å²) < 4.78 is 9.51. The fraction of sp³-hybridized carbons (Fsp3) is 0.0645. The fourth-order valence-electron chi connectivity index (χ4n) is 11.3. The zero-order chi connectivity index (χ0) is 43.2. The van der Waals surface area contributed by atoms with Crippen molar-refractivity contribution in [3.05, 3.63) is 232 Å². The van der Waals surface area contributed by atoms with Gasteiger partial charge in [0.05, 0.1) is 11.1 Å². The molecule has 9 aromatic carbocycles. The molecule has 2 heterocycles. The van der Waals surface area contributed by atoms with Gasteiger partial charge in [0.15, 0.2) is 0 Å². The van der Waals surface area contributed by atoms with Crippen LogP contribution < -0.4 is 14.7 Å². The van der Waals surface area contributed by atoms with Crippen LogP contribution in [0.1, 0.15) is 42.5 Å². The van der Waals surface area contributed by atoms with Crippen molar-refractivity contribution < 1.29 is 4.42 Å². The summed E-state index contributed by atoms with van der Waals surface area (Å²) in [6.45, 7) is 4.37. The summed E-state index contributed by atoms with van der Waals surface area (Å²) in [7, 11) is 0. The molecule has 2 aliphatic rings. The maximum atomic E-state index is 6.83. The highest BCUT2D eigenvalue weighted by molar-refractivity contribution is 7.17. The molecule has 3 heteroatoms. The second kappa shape index (κ2) is 14.7. The molecule has 0 aliphatic heterocycles. The molecule has 2 aromatic heterocycles. The van der Waals surface area contributed by atoms with E-state index < -0.39 is 5.41 Å². The minimum Gasteiger partial charge on any atom is -0.455 e. The first kappa shape index (κ1) is 37.8. The van der Waals surface area contributed by atoms with E-state index in [1.165, 1.54) is 86.6 Å². The van der Waals surface area contributed by atoms with Gasteiger partial charge in [0.1, 0.15) is 11.2 Å². The molecule has 0 bridgehead atoms. The van der Waals surface area contributed by atoms with Crippen molar-refractivity contribution in [1.82, 2.24) is 0 Å². The number of nitrogens with zero attached hydrogens (tertiary/aromatic N) is 1. The first-order valence-electron chi connectivity index (χ1n) is 22.7. The summed E-state index contributed by atoms with van der Waals surface area (Å²) in [5.41, 5.74) is 19.6. The number of furan rings is 1. The third-order valence-corrected chi connectivity index (χ3v) is 15.2. The predicted molar refractivity (Wildman–Crippen MR) is 275 cm³/mol. The van der Waals surface area contributed by atoms with Crippen molar-refractivity contribution in [1.29, 1.82) is 0 Å². The number of anilines is 3. The Hall–Kier alpha value is -7.72. The van der Waals surface area contributed by atoms with Crippen LogP contribution in [-0.2, 0) is 5.41 Å². The average Bonchev–Trinajstić information content (AvgIpc) is 4.10. The molecule has 13 rings (SSSR count). The van der Waals surface area contributed by atoms with Gasteiger partial charge in [-0.3, -0.25) is 0 Å². The summed E-state index contributed by atoms with van der Waals surface area (Å²) >= 11 is 1.90. The zero-order valence-electron chi connectivity index (χ0n) is 36.2. The van der Waals surface area contributed by atoms with Gasteiger partial charge in [-0.15, -0.1) is 11.3 Å². The molecule has 0 radical (unpaired) electrons. The van der Waals surface area contributed by atoms with Crippen molar-refractivity contribution in [3.8, 4) is 44.5 Å². The Labute approximate surface area is 382 Å². The van der Waals surface area contributed by atoms with E-state index in [0.29, 0.717) is 0 Å². The number of thiophene rings is 1. The van der Waals surface area contributed by atoms with E-state index in [1.54, 1.807) is 0 Å². The van der Waals surface area contributed by atoms with Gasteiger partial charge in [-0.2, -0.15) is 0 Å². The Morgan fingerprint density at radius 1 is 0.492 bits per heavy atom. The van der Waals surface area contributed by atoms with E-state index in [-0.39, 0.29) is 0 Å². The van der Waals surface area contributed by atoms with Gasteiger partial charge in [0.2, 0.25) is 0 Å². The predicted octanol–water partition coefficient (Wildman–Crippen LogP) is 15.9. The summed E-state index contributed by atoms with van der Waals surface area (Å²) in [6.07, 6.45) is 5.63. The summed E-state index contributed by atoms with van der Waals surface area (Å²) in [4.78, 5) is 2.47. The Morgan fingerprint density at radius 2 is 1.08 bits per heavy atom. The smallest absolute Gasteiger partial charge is 0.143 e. The average molecular weight is 850 g/mol. The number of benzene rings is 9. The normalized spacial score (nSPS) is 15.2. The van der Waals surface area contributed by atoms with Crippen molar-refractivity contribution in [2.75, 3.05) is 4.90 Å². The Bertz CT molecular complexity index is 3820. The number of hydrogen-bond acceptors (Lipinski definition) is 3. The molecule has 65 heavy (non-hydrogen) atoms. The van der Waals surface area contributed by atoms with Crippen molar-refractivity contribution >= 4 is 72.6 Å². The second-order valence-corrected chi connectivity index (χ2v) is 18.3. The monoisotopic (exact) mass is 849 g/mol. The van der Waals surface area contributed by atoms with E-state index in [4.69, 9.17) is 4.42 Å². The standard InChI is InChI=1S/C62H43NOS/c1-3-16-57-44(4-2)48-23-14-22-45(61(48)65-57)41-31-35-43(36-32-41)63(42-33-29-40(30-34-42)39-17-6-5-7-18-39)55-27-15-26-53-58(55)49-20-8-11-24-51(49)62(53)52-25-12-9-21-50(52)59-54(62)38-37-47-46-19-10-13-28-56(46)64-60(47)59/h4-38H,3H2,1-2H3/b44-4-,57-16+. The third kappa shape index (κ3) is 5.40. The van der Waals surface area contributed by atoms with Crippen LogP contribution in [0.15, 0.2) is 205 Å². The van der Waals surface area contributed by atoms with E-state index in [0.717, 1.165) is 45.4 Å². The lowest BCUT2D eigenvalue weighted by molar-refractivity contribution is 0.669. The highest BCUT2D eigenvalue weighted by atomic mass is 32.1. The molecule has 0 amide bonds. The van der Waals surface area contributed by atoms with Crippen LogP contribution in [0.4, 0.5) is 17.1 Å². The molecule has 1 spiro atoms. The first-order chi connectivity index (χ1) is 32.2. The summed E-state index contributed by atoms with van der Waals surface area (Å²) in [5, 5.41) is 4.96. The molecular formula is C62H43NOS. The van der Waals surface area contributed by atoms with Gasteiger partial charge in [0, 0.05) is 47.9 Å². The zero-order valence-corrected chi connectivity index (χ0v) is 37.0. The Balaban J connectivity index is 1.04. The van der Waals surface area contributed by atoms with Gasteiger partial charge in [-0.1, -0.05) is 183 Å². The molecule has 0 saturated heterocycles. The summed E-state index contributed by atoms with van der Waals surface area (Å²) in [5.74, 6) is 0. The van der Waals surface area contributed by atoms with Crippen molar-refractivity contribution in [2.45, 2.75) is 25.7 Å². The van der Waals surface area contributed by atoms with Gasteiger partial charge < -0.3 is 9.32 Å². The molecule has 0 saturated carbocycles. The van der Waals surface area contributed by atoms with Crippen LogP contribution in [0.5, 0.6) is 0 Å². The van der Waals surface area contributed by atoms with Crippen LogP contribution >= 0.6 is 11.3 Å². The number of fused-ring (bicyclic) bond motifs is 15. The van der Waals surface area contributed by atoms with Gasteiger partial charge >= 0.3 is 0 Å². The lowest BCUT2D eigenvalue weighted by Crippen LogP contribution is -2.26.